The minimum absolute atomic E-state index is 0.161. The fourth-order valence-corrected chi connectivity index (χ4v) is 4.04. The number of anilines is 2. The third-order valence-corrected chi connectivity index (χ3v) is 6.01. The predicted molar refractivity (Wildman–Crippen MR) is 142 cm³/mol. The van der Waals surface area contributed by atoms with Gasteiger partial charge in [-0.2, -0.15) is 5.10 Å². The van der Waals surface area contributed by atoms with Crippen molar-refractivity contribution in [2.24, 2.45) is 5.10 Å². The highest BCUT2D eigenvalue weighted by Gasteiger charge is 2.15. The largest absolute Gasteiger partial charge is 0.378 e. The van der Waals surface area contributed by atoms with Crippen LogP contribution in [0.5, 0.6) is 0 Å². The zero-order valence-corrected chi connectivity index (χ0v) is 20.4. The average Bonchev–Trinajstić information content (AvgIpc) is 3.30. The third kappa shape index (κ3) is 6.70. The molecule has 0 bridgehead atoms. The smallest absolute Gasteiger partial charge is 0.250 e. The van der Waals surface area contributed by atoms with E-state index in [0.717, 1.165) is 28.5 Å². The molecule has 0 fully saturated rings. The van der Waals surface area contributed by atoms with E-state index in [1.807, 2.05) is 108 Å². The number of rotatable bonds is 10. The maximum atomic E-state index is 12.4. The van der Waals surface area contributed by atoms with Crippen LogP contribution in [0.1, 0.15) is 11.4 Å². The van der Waals surface area contributed by atoms with E-state index in [-0.39, 0.29) is 11.7 Å². The maximum Gasteiger partial charge on any atom is 0.250 e. The molecule has 0 saturated heterocycles. The molecule has 0 spiro atoms. The molecular weight excluding hydrogens is 458 g/mol. The molecule has 0 aliphatic rings. The summed E-state index contributed by atoms with van der Waals surface area (Å²) in [7, 11) is 3.98. The van der Waals surface area contributed by atoms with Crippen molar-refractivity contribution in [3.63, 3.8) is 0 Å². The van der Waals surface area contributed by atoms with Crippen LogP contribution in [0.3, 0.4) is 0 Å². The van der Waals surface area contributed by atoms with Crippen molar-refractivity contribution in [3.8, 4) is 5.69 Å². The fraction of sp³-hybridized carbons (Fsp3) is 0.154. The van der Waals surface area contributed by atoms with Crippen molar-refractivity contribution in [3.05, 3.63) is 96.3 Å². The minimum Gasteiger partial charge on any atom is -0.378 e. The van der Waals surface area contributed by atoms with Gasteiger partial charge in [0.1, 0.15) is 0 Å². The highest BCUT2D eigenvalue weighted by Crippen LogP contribution is 2.22. The molecule has 1 heterocycles. The molecular formula is C26H27N7OS. The number of nitrogens with zero attached hydrogens (tertiary/aromatic N) is 5. The zero-order chi connectivity index (χ0) is 24.5. The summed E-state index contributed by atoms with van der Waals surface area (Å²) in [5, 5.41) is 16.8. The number of carbonyl (C=O) groups excluding carboxylic acids is 1. The number of benzene rings is 3. The van der Waals surface area contributed by atoms with Crippen molar-refractivity contribution in [1.29, 1.82) is 0 Å². The summed E-state index contributed by atoms with van der Waals surface area (Å²) in [6, 6.07) is 27.7. The number of aromatic nitrogens is 3. The minimum atomic E-state index is -0.220. The van der Waals surface area contributed by atoms with E-state index in [1.165, 1.54) is 11.8 Å². The van der Waals surface area contributed by atoms with Crippen LogP contribution in [0, 0.1) is 0 Å². The first-order valence-corrected chi connectivity index (χ1v) is 12.1. The fourth-order valence-electron chi connectivity index (χ4n) is 3.28. The lowest BCUT2D eigenvalue weighted by molar-refractivity contribution is -0.118. The molecule has 35 heavy (non-hydrogen) atoms. The first-order chi connectivity index (χ1) is 17.1. The summed E-state index contributed by atoms with van der Waals surface area (Å²) in [5.41, 5.74) is 6.52. The van der Waals surface area contributed by atoms with Crippen molar-refractivity contribution in [2.45, 2.75) is 11.7 Å². The van der Waals surface area contributed by atoms with Crippen LogP contribution < -0.4 is 15.6 Å². The Morgan fingerprint density at radius 2 is 1.66 bits per heavy atom. The van der Waals surface area contributed by atoms with Gasteiger partial charge in [-0.1, -0.05) is 60.3 Å². The van der Waals surface area contributed by atoms with E-state index in [9.17, 15) is 4.79 Å². The van der Waals surface area contributed by atoms with E-state index in [4.69, 9.17) is 0 Å². The number of amides is 1. The van der Waals surface area contributed by atoms with Crippen molar-refractivity contribution >= 4 is 35.3 Å². The Bertz CT molecular complexity index is 1260. The predicted octanol–water partition coefficient (Wildman–Crippen LogP) is 4.19. The zero-order valence-electron chi connectivity index (χ0n) is 19.6. The first kappa shape index (κ1) is 24.0. The molecule has 2 N–H and O–H groups in total. The van der Waals surface area contributed by atoms with Gasteiger partial charge >= 0.3 is 0 Å². The highest BCUT2D eigenvalue weighted by molar-refractivity contribution is 7.99. The molecule has 178 valence electrons. The van der Waals surface area contributed by atoms with E-state index >= 15 is 0 Å². The average molecular weight is 486 g/mol. The summed E-state index contributed by atoms with van der Waals surface area (Å²) < 4.78 is 1.96. The molecule has 4 aromatic rings. The van der Waals surface area contributed by atoms with Gasteiger partial charge in [0, 0.05) is 31.2 Å². The molecule has 0 radical (unpaired) electrons. The summed E-state index contributed by atoms with van der Waals surface area (Å²) in [6.07, 6.45) is 1.63. The van der Waals surface area contributed by atoms with Gasteiger partial charge in [-0.25, -0.2) is 5.43 Å². The molecule has 0 aliphatic heterocycles. The summed E-state index contributed by atoms with van der Waals surface area (Å²) in [6.45, 7) is 0.496. The number of carbonyl (C=O) groups is 1. The second-order valence-corrected chi connectivity index (χ2v) is 8.80. The van der Waals surface area contributed by atoms with Crippen LogP contribution in [0.4, 0.5) is 11.4 Å². The Balaban J connectivity index is 1.39. The van der Waals surface area contributed by atoms with Crippen LogP contribution in [-0.2, 0) is 11.3 Å². The summed E-state index contributed by atoms with van der Waals surface area (Å²) >= 11 is 1.31. The summed E-state index contributed by atoms with van der Waals surface area (Å²) in [4.78, 5) is 14.4. The van der Waals surface area contributed by atoms with Crippen molar-refractivity contribution in [1.82, 2.24) is 20.2 Å². The van der Waals surface area contributed by atoms with E-state index in [0.29, 0.717) is 11.7 Å². The Morgan fingerprint density at radius 3 is 2.34 bits per heavy atom. The van der Waals surface area contributed by atoms with Gasteiger partial charge in [-0.3, -0.25) is 9.36 Å². The number of hydrazone groups is 1. The molecule has 0 aliphatic carbocycles. The summed E-state index contributed by atoms with van der Waals surface area (Å²) in [5.74, 6) is 0.693. The topological polar surface area (TPSA) is 87.4 Å². The van der Waals surface area contributed by atoms with Gasteiger partial charge in [0.25, 0.3) is 5.91 Å². The Hall–Kier alpha value is -4.11. The quantitative estimate of drug-likeness (QED) is 0.199. The molecule has 4 rings (SSSR count). The molecule has 0 atom stereocenters. The molecule has 0 unspecified atom stereocenters. The monoisotopic (exact) mass is 485 g/mol. The Morgan fingerprint density at radius 1 is 0.971 bits per heavy atom. The van der Waals surface area contributed by atoms with Crippen LogP contribution in [-0.4, -0.2) is 46.7 Å². The maximum absolute atomic E-state index is 12.4. The van der Waals surface area contributed by atoms with Crippen molar-refractivity contribution < 1.29 is 4.79 Å². The SMILES string of the molecule is CN(C)c1ccc(C=NNC(=O)CSc2nnc(CNc3ccccc3)n2-c2ccccc2)cc1. The number of hydrogen-bond acceptors (Lipinski definition) is 7. The number of hydrogen-bond donors (Lipinski definition) is 2. The van der Waals surface area contributed by atoms with Gasteiger partial charge in [0.05, 0.1) is 18.5 Å². The molecule has 3 aromatic carbocycles. The lowest BCUT2D eigenvalue weighted by atomic mass is 10.2. The number of para-hydroxylation sites is 2. The van der Waals surface area contributed by atoms with Crippen molar-refractivity contribution in [2.75, 3.05) is 30.1 Å². The molecule has 1 aromatic heterocycles. The van der Waals surface area contributed by atoms with E-state index < -0.39 is 0 Å². The van der Waals surface area contributed by atoms with Gasteiger partial charge < -0.3 is 10.2 Å². The molecule has 8 nitrogen and oxygen atoms in total. The molecule has 1 amide bonds. The Kier molecular flexibility index (Phi) is 8.13. The second-order valence-electron chi connectivity index (χ2n) is 7.86. The second kappa shape index (κ2) is 11.8. The standard InChI is InChI=1S/C26H27N7OS/c1-32(2)22-15-13-20(14-16-22)17-28-30-25(34)19-35-26-31-29-24(18-27-21-9-5-3-6-10-21)33(26)23-11-7-4-8-12-23/h3-17,27H,18-19H2,1-2H3,(H,30,34). The molecule has 0 saturated carbocycles. The van der Waals surface area contributed by atoms with E-state index in [2.05, 4.69) is 26.0 Å². The van der Waals surface area contributed by atoms with Crippen LogP contribution in [0.2, 0.25) is 0 Å². The van der Waals surface area contributed by atoms with Crippen LogP contribution in [0.25, 0.3) is 5.69 Å². The lowest BCUT2D eigenvalue weighted by Gasteiger charge is -2.11. The van der Waals surface area contributed by atoms with E-state index in [1.54, 1.807) is 6.21 Å². The number of nitrogens with one attached hydrogen (secondary N) is 2. The van der Waals surface area contributed by atoms with Gasteiger partial charge in [0.15, 0.2) is 11.0 Å². The lowest BCUT2D eigenvalue weighted by Crippen LogP contribution is -2.20. The third-order valence-electron chi connectivity index (χ3n) is 5.08. The normalized spacial score (nSPS) is 10.9. The van der Waals surface area contributed by atoms with Crippen LogP contribution in [0.15, 0.2) is 95.2 Å². The van der Waals surface area contributed by atoms with Gasteiger partial charge in [-0.15, -0.1) is 10.2 Å². The van der Waals surface area contributed by atoms with Gasteiger partial charge in [-0.05, 0) is 42.0 Å². The first-order valence-electron chi connectivity index (χ1n) is 11.1. The molecule has 9 heteroatoms. The van der Waals surface area contributed by atoms with Crippen LogP contribution >= 0.6 is 11.8 Å². The number of thioether (sulfide) groups is 1. The Labute approximate surface area is 209 Å². The highest BCUT2D eigenvalue weighted by atomic mass is 32.2. The van der Waals surface area contributed by atoms with Gasteiger partial charge in [0.2, 0.25) is 0 Å².